The van der Waals surface area contributed by atoms with Crippen LogP contribution >= 0.6 is 0 Å². The second-order valence-electron chi connectivity index (χ2n) is 3.41. The first-order valence-corrected chi connectivity index (χ1v) is 4.51. The zero-order chi connectivity index (χ0) is 10.1. The lowest BCUT2D eigenvalue weighted by Gasteiger charge is -2.24. The largest absolute Gasteiger partial charge is 0.371 e. The smallest absolute Gasteiger partial charge is 0.239 e. The van der Waals surface area contributed by atoms with Gasteiger partial charge >= 0.3 is 0 Å². The number of primary amides is 1. The number of carbonyl (C=O) groups excluding carboxylic acids is 1. The van der Waals surface area contributed by atoms with Crippen LogP contribution in [0.3, 0.4) is 0 Å². The highest BCUT2D eigenvalue weighted by molar-refractivity contribution is 5.84. The van der Waals surface area contributed by atoms with Gasteiger partial charge in [-0.05, 0) is 24.5 Å². The highest BCUT2D eigenvalue weighted by Gasteiger charge is 2.23. The minimum absolute atomic E-state index is 0.326. The average molecular weight is 194 g/mol. The van der Waals surface area contributed by atoms with Crippen molar-refractivity contribution in [2.45, 2.75) is 18.9 Å². The Bertz CT molecular complexity index is 378. The molecule has 1 amide bonds. The maximum absolute atomic E-state index is 13.3. The molecule has 0 fully saturated rings. The Labute approximate surface area is 81.1 Å². The second-order valence-corrected chi connectivity index (χ2v) is 3.41. The first-order valence-electron chi connectivity index (χ1n) is 4.51. The molecule has 0 saturated carbocycles. The number of fused-ring (bicyclic) bond motifs is 1. The number of amides is 1. The second kappa shape index (κ2) is 3.29. The van der Waals surface area contributed by atoms with E-state index < -0.39 is 11.9 Å². The molecule has 1 unspecified atom stereocenters. The summed E-state index contributed by atoms with van der Waals surface area (Å²) in [5.74, 6) is -0.757. The number of nitrogens with two attached hydrogens (primary N) is 1. The predicted molar refractivity (Wildman–Crippen MR) is 51.3 cm³/mol. The fourth-order valence-electron chi connectivity index (χ4n) is 1.70. The van der Waals surface area contributed by atoms with E-state index in [1.807, 2.05) is 6.07 Å². The van der Waals surface area contributed by atoms with Crippen molar-refractivity contribution in [2.24, 2.45) is 5.73 Å². The molecular formula is C10H11FN2O. The molecule has 1 atom stereocenters. The van der Waals surface area contributed by atoms with Crippen molar-refractivity contribution in [2.75, 3.05) is 5.32 Å². The van der Waals surface area contributed by atoms with Crippen LogP contribution in [-0.2, 0) is 11.2 Å². The summed E-state index contributed by atoms with van der Waals surface area (Å²) in [5.41, 5.74) is 6.47. The van der Waals surface area contributed by atoms with Crippen molar-refractivity contribution in [3.63, 3.8) is 0 Å². The molecule has 0 aromatic heterocycles. The molecule has 0 radical (unpaired) electrons. The van der Waals surface area contributed by atoms with Gasteiger partial charge in [-0.1, -0.05) is 12.1 Å². The Morgan fingerprint density at radius 2 is 2.36 bits per heavy atom. The van der Waals surface area contributed by atoms with Crippen LogP contribution in [0.4, 0.5) is 10.1 Å². The number of halogens is 1. The maximum atomic E-state index is 13.3. The quantitative estimate of drug-likeness (QED) is 0.701. The molecule has 3 nitrogen and oxygen atoms in total. The van der Waals surface area contributed by atoms with E-state index in [1.54, 1.807) is 6.07 Å². The van der Waals surface area contributed by atoms with Crippen LogP contribution in [0.5, 0.6) is 0 Å². The fraction of sp³-hybridized carbons (Fsp3) is 0.300. The van der Waals surface area contributed by atoms with E-state index in [-0.39, 0.29) is 5.82 Å². The lowest BCUT2D eigenvalue weighted by Crippen LogP contribution is -2.38. The molecule has 1 aromatic carbocycles. The van der Waals surface area contributed by atoms with Gasteiger partial charge in [0.2, 0.25) is 5.91 Å². The summed E-state index contributed by atoms with van der Waals surface area (Å²) in [6, 6.07) is 4.44. The number of benzene rings is 1. The number of hydrogen-bond acceptors (Lipinski definition) is 2. The van der Waals surface area contributed by atoms with E-state index in [9.17, 15) is 9.18 Å². The van der Waals surface area contributed by atoms with Gasteiger partial charge in [0, 0.05) is 0 Å². The first kappa shape index (κ1) is 8.99. The summed E-state index contributed by atoms with van der Waals surface area (Å²) in [6.07, 6.45) is 1.32. The zero-order valence-electron chi connectivity index (χ0n) is 7.59. The van der Waals surface area contributed by atoms with E-state index in [4.69, 9.17) is 5.73 Å². The SMILES string of the molecule is NC(=O)C1CCc2cccc(F)c2N1. The Hall–Kier alpha value is -1.58. The minimum Gasteiger partial charge on any atom is -0.371 e. The number of nitrogens with one attached hydrogen (secondary N) is 1. The normalized spacial score (nSPS) is 19.6. The summed E-state index contributed by atoms with van der Waals surface area (Å²) in [7, 11) is 0. The molecule has 1 heterocycles. The summed E-state index contributed by atoms with van der Waals surface area (Å²) in [5, 5.41) is 2.82. The Morgan fingerprint density at radius 3 is 3.07 bits per heavy atom. The summed E-state index contributed by atoms with van der Waals surface area (Å²) >= 11 is 0. The third-order valence-corrected chi connectivity index (χ3v) is 2.46. The molecule has 1 aromatic rings. The van der Waals surface area contributed by atoms with Crippen LogP contribution in [0.25, 0.3) is 0 Å². The van der Waals surface area contributed by atoms with Crippen LogP contribution in [0.2, 0.25) is 0 Å². The van der Waals surface area contributed by atoms with Crippen molar-refractivity contribution < 1.29 is 9.18 Å². The predicted octanol–water partition coefficient (Wildman–Crippen LogP) is 1.04. The molecule has 0 spiro atoms. The fourth-order valence-corrected chi connectivity index (χ4v) is 1.70. The Balaban J connectivity index is 2.33. The molecule has 4 heteroatoms. The zero-order valence-corrected chi connectivity index (χ0v) is 7.59. The van der Waals surface area contributed by atoms with Crippen molar-refractivity contribution >= 4 is 11.6 Å². The van der Waals surface area contributed by atoms with Crippen molar-refractivity contribution in [1.82, 2.24) is 0 Å². The van der Waals surface area contributed by atoms with Crippen LogP contribution in [0.1, 0.15) is 12.0 Å². The van der Waals surface area contributed by atoms with Crippen molar-refractivity contribution in [3.8, 4) is 0 Å². The van der Waals surface area contributed by atoms with Crippen molar-refractivity contribution in [1.29, 1.82) is 0 Å². The van der Waals surface area contributed by atoms with E-state index in [0.29, 0.717) is 18.5 Å². The molecule has 74 valence electrons. The third kappa shape index (κ3) is 1.43. The van der Waals surface area contributed by atoms with Crippen LogP contribution in [-0.4, -0.2) is 11.9 Å². The van der Waals surface area contributed by atoms with E-state index in [0.717, 1.165) is 5.56 Å². The number of para-hydroxylation sites is 1. The van der Waals surface area contributed by atoms with Gasteiger partial charge in [0.25, 0.3) is 0 Å². The summed E-state index contributed by atoms with van der Waals surface area (Å²) in [4.78, 5) is 10.9. The molecule has 1 aliphatic rings. The monoisotopic (exact) mass is 194 g/mol. The highest BCUT2D eigenvalue weighted by Crippen LogP contribution is 2.27. The van der Waals surface area contributed by atoms with Crippen LogP contribution in [0, 0.1) is 5.82 Å². The molecule has 0 saturated heterocycles. The Morgan fingerprint density at radius 1 is 1.57 bits per heavy atom. The van der Waals surface area contributed by atoms with Crippen molar-refractivity contribution in [3.05, 3.63) is 29.6 Å². The van der Waals surface area contributed by atoms with Gasteiger partial charge in [-0.25, -0.2) is 4.39 Å². The molecule has 1 aliphatic heterocycles. The lowest BCUT2D eigenvalue weighted by molar-refractivity contribution is -0.118. The molecular weight excluding hydrogens is 183 g/mol. The molecule has 0 bridgehead atoms. The maximum Gasteiger partial charge on any atom is 0.239 e. The van der Waals surface area contributed by atoms with E-state index in [1.165, 1.54) is 6.07 Å². The first-order chi connectivity index (χ1) is 6.68. The molecule has 3 N–H and O–H groups in total. The lowest BCUT2D eigenvalue weighted by atomic mass is 9.97. The standard InChI is InChI=1S/C10H11FN2O/c11-7-3-1-2-6-4-5-8(10(12)14)13-9(6)7/h1-3,8,13H,4-5H2,(H2,12,14). The highest BCUT2D eigenvalue weighted by atomic mass is 19.1. The summed E-state index contributed by atoms with van der Waals surface area (Å²) in [6.45, 7) is 0. The van der Waals surface area contributed by atoms with Gasteiger partial charge in [-0.2, -0.15) is 0 Å². The molecule has 2 rings (SSSR count). The van der Waals surface area contributed by atoms with Gasteiger partial charge in [0.05, 0.1) is 5.69 Å². The topological polar surface area (TPSA) is 55.1 Å². The number of carbonyl (C=O) groups is 1. The van der Waals surface area contributed by atoms with Crippen LogP contribution in [0.15, 0.2) is 18.2 Å². The van der Waals surface area contributed by atoms with E-state index in [2.05, 4.69) is 5.32 Å². The number of rotatable bonds is 1. The molecule has 0 aliphatic carbocycles. The number of anilines is 1. The number of hydrogen-bond donors (Lipinski definition) is 2. The number of aryl methyl sites for hydroxylation is 1. The Kier molecular flexibility index (Phi) is 2.11. The van der Waals surface area contributed by atoms with Gasteiger partial charge in [0.1, 0.15) is 11.9 Å². The third-order valence-electron chi connectivity index (χ3n) is 2.46. The van der Waals surface area contributed by atoms with E-state index >= 15 is 0 Å². The summed E-state index contributed by atoms with van der Waals surface area (Å²) < 4.78 is 13.3. The van der Waals surface area contributed by atoms with Gasteiger partial charge in [-0.3, -0.25) is 4.79 Å². The molecule has 14 heavy (non-hydrogen) atoms. The van der Waals surface area contributed by atoms with Gasteiger partial charge < -0.3 is 11.1 Å². The average Bonchev–Trinajstić information content (AvgIpc) is 2.18. The van der Waals surface area contributed by atoms with Gasteiger partial charge in [-0.15, -0.1) is 0 Å². The van der Waals surface area contributed by atoms with Gasteiger partial charge in [0.15, 0.2) is 0 Å². The van der Waals surface area contributed by atoms with Crippen LogP contribution < -0.4 is 11.1 Å². The minimum atomic E-state index is -0.445.